The monoisotopic (exact) mass is 287 g/mol. The maximum absolute atomic E-state index is 13.7. The first-order valence-corrected chi connectivity index (χ1v) is 6.61. The van der Waals surface area contributed by atoms with E-state index in [0.29, 0.717) is 0 Å². The van der Waals surface area contributed by atoms with Crippen LogP contribution in [0.3, 0.4) is 0 Å². The van der Waals surface area contributed by atoms with E-state index in [9.17, 15) is 18.4 Å². The average molecular weight is 287 g/mol. The second kappa shape index (κ2) is 5.56. The number of hydrogen-bond acceptors (Lipinski definition) is 3. The molecule has 0 aromatic heterocycles. The number of amides is 1. The Bertz CT molecular complexity index is 524. The highest BCUT2D eigenvalue weighted by molar-refractivity contribution is 8.00. The molecule has 1 saturated heterocycles. The van der Waals surface area contributed by atoms with Crippen molar-refractivity contribution in [3.8, 4) is 0 Å². The Morgan fingerprint density at radius 3 is 2.84 bits per heavy atom. The molecule has 7 heteroatoms. The highest BCUT2D eigenvalue weighted by Gasteiger charge is 2.34. The molecule has 0 unspecified atom stereocenters. The Balaban J connectivity index is 2.21. The molecule has 4 nitrogen and oxygen atoms in total. The summed E-state index contributed by atoms with van der Waals surface area (Å²) in [6.07, 6.45) is -0.203. The van der Waals surface area contributed by atoms with Crippen LogP contribution >= 0.6 is 11.8 Å². The molecule has 1 N–H and O–H groups in total. The van der Waals surface area contributed by atoms with Gasteiger partial charge < -0.3 is 10.0 Å². The van der Waals surface area contributed by atoms with Crippen LogP contribution in [0.25, 0.3) is 0 Å². The van der Waals surface area contributed by atoms with Gasteiger partial charge in [0.15, 0.2) is 0 Å². The molecule has 1 amide bonds. The van der Waals surface area contributed by atoms with Crippen LogP contribution in [0.1, 0.15) is 17.4 Å². The lowest BCUT2D eigenvalue weighted by atomic mass is 10.2. The third-order valence-electron chi connectivity index (χ3n) is 2.76. The van der Waals surface area contributed by atoms with Gasteiger partial charge in [0, 0.05) is 18.2 Å². The minimum atomic E-state index is -1.02. The Morgan fingerprint density at radius 1 is 1.47 bits per heavy atom. The molecular formula is C12H11F2NO3S. The standard InChI is InChI=1S/C12H11F2NO3S/c13-7-1-2-8(9(14)5-7)12-15(4-3-11(17)18)10(16)6-19-12/h1-2,5,12H,3-4,6H2,(H,17,18)/t12-/m0/s1. The van der Waals surface area contributed by atoms with E-state index in [1.54, 1.807) is 0 Å². The van der Waals surface area contributed by atoms with E-state index in [4.69, 9.17) is 5.11 Å². The Labute approximate surface area is 112 Å². The van der Waals surface area contributed by atoms with Gasteiger partial charge >= 0.3 is 5.97 Å². The molecule has 1 heterocycles. The van der Waals surface area contributed by atoms with E-state index in [1.807, 2.05) is 0 Å². The van der Waals surface area contributed by atoms with Crippen molar-refractivity contribution in [2.24, 2.45) is 0 Å². The molecule has 1 aliphatic rings. The maximum atomic E-state index is 13.7. The molecule has 0 saturated carbocycles. The number of nitrogens with zero attached hydrogens (tertiary/aromatic N) is 1. The number of hydrogen-bond donors (Lipinski definition) is 1. The van der Waals surface area contributed by atoms with Crippen molar-refractivity contribution in [2.75, 3.05) is 12.3 Å². The van der Waals surface area contributed by atoms with Gasteiger partial charge in [-0.2, -0.15) is 0 Å². The zero-order valence-electron chi connectivity index (χ0n) is 9.81. The zero-order valence-corrected chi connectivity index (χ0v) is 10.6. The van der Waals surface area contributed by atoms with Gasteiger partial charge in [0.1, 0.15) is 17.0 Å². The molecule has 0 radical (unpaired) electrons. The summed E-state index contributed by atoms with van der Waals surface area (Å²) in [6.45, 7) is 0.0165. The number of carbonyl (C=O) groups is 2. The van der Waals surface area contributed by atoms with Crippen molar-refractivity contribution in [1.29, 1.82) is 0 Å². The van der Waals surface area contributed by atoms with Crippen molar-refractivity contribution in [3.05, 3.63) is 35.4 Å². The summed E-state index contributed by atoms with van der Waals surface area (Å²) in [5.74, 6) is -2.51. The lowest BCUT2D eigenvalue weighted by Crippen LogP contribution is -2.30. The number of carboxylic acids is 1. The number of benzene rings is 1. The minimum Gasteiger partial charge on any atom is -0.481 e. The first-order valence-electron chi connectivity index (χ1n) is 5.57. The smallest absolute Gasteiger partial charge is 0.305 e. The van der Waals surface area contributed by atoms with E-state index in [0.717, 1.165) is 12.1 Å². The van der Waals surface area contributed by atoms with E-state index < -0.39 is 23.0 Å². The fourth-order valence-electron chi connectivity index (χ4n) is 1.87. The predicted octanol–water partition coefficient (Wildman–Crippen LogP) is 2.01. The van der Waals surface area contributed by atoms with Crippen LogP contribution in [0, 0.1) is 11.6 Å². The van der Waals surface area contributed by atoms with Crippen molar-refractivity contribution in [1.82, 2.24) is 4.90 Å². The quantitative estimate of drug-likeness (QED) is 0.920. The predicted molar refractivity (Wildman–Crippen MR) is 65.5 cm³/mol. The number of carbonyl (C=O) groups excluding carboxylic acids is 1. The van der Waals surface area contributed by atoms with Crippen molar-refractivity contribution in [3.63, 3.8) is 0 Å². The number of rotatable bonds is 4. The van der Waals surface area contributed by atoms with Crippen molar-refractivity contribution in [2.45, 2.75) is 11.8 Å². The molecule has 102 valence electrons. The van der Waals surface area contributed by atoms with Crippen molar-refractivity contribution >= 4 is 23.6 Å². The molecule has 19 heavy (non-hydrogen) atoms. The van der Waals surface area contributed by atoms with Gasteiger partial charge in [-0.3, -0.25) is 9.59 Å². The third kappa shape index (κ3) is 3.04. The molecule has 1 atom stereocenters. The van der Waals surface area contributed by atoms with Crippen LogP contribution in [0.15, 0.2) is 18.2 Å². The highest BCUT2D eigenvalue weighted by atomic mass is 32.2. The molecule has 0 aliphatic carbocycles. The van der Waals surface area contributed by atoms with Gasteiger partial charge in [0.2, 0.25) is 5.91 Å². The summed E-state index contributed by atoms with van der Waals surface area (Å²) in [7, 11) is 0. The van der Waals surface area contributed by atoms with Crippen LogP contribution in [-0.2, 0) is 9.59 Å². The molecular weight excluding hydrogens is 276 g/mol. The lowest BCUT2D eigenvalue weighted by Gasteiger charge is -2.23. The molecule has 1 aliphatic heterocycles. The van der Waals surface area contributed by atoms with Gasteiger partial charge in [-0.1, -0.05) is 6.07 Å². The number of aliphatic carboxylic acids is 1. The highest BCUT2D eigenvalue weighted by Crippen LogP contribution is 2.39. The summed E-state index contributed by atoms with van der Waals surface area (Å²) in [5, 5.41) is 8.05. The summed E-state index contributed by atoms with van der Waals surface area (Å²) in [5.41, 5.74) is 0.197. The van der Waals surface area contributed by atoms with Crippen LogP contribution in [0.4, 0.5) is 8.78 Å². The summed E-state index contributed by atoms with van der Waals surface area (Å²) >= 11 is 1.20. The summed E-state index contributed by atoms with van der Waals surface area (Å²) in [6, 6.07) is 3.17. The summed E-state index contributed by atoms with van der Waals surface area (Å²) in [4.78, 5) is 23.5. The Morgan fingerprint density at radius 2 is 2.21 bits per heavy atom. The Hall–Kier alpha value is -1.63. The van der Waals surface area contributed by atoms with Gasteiger partial charge in [0.25, 0.3) is 0 Å². The number of carboxylic acid groups (broad SMARTS) is 1. The first-order chi connectivity index (χ1) is 8.99. The van der Waals surface area contributed by atoms with Gasteiger partial charge in [-0.05, 0) is 6.07 Å². The number of halogens is 2. The first kappa shape index (κ1) is 13.8. The van der Waals surface area contributed by atoms with Gasteiger partial charge in [0.05, 0.1) is 12.2 Å². The number of thioether (sulfide) groups is 1. The average Bonchev–Trinajstić information content (AvgIpc) is 2.68. The third-order valence-corrected chi connectivity index (χ3v) is 4.00. The van der Waals surface area contributed by atoms with E-state index in [-0.39, 0.29) is 30.2 Å². The van der Waals surface area contributed by atoms with E-state index in [2.05, 4.69) is 0 Å². The van der Waals surface area contributed by atoms with Gasteiger partial charge in [-0.25, -0.2) is 8.78 Å². The van der Waals surface area contributed by atoms with Gasteiger partial charge in [-0.15, -0.1) is 11.8 Å². The normalized spacial score (nSPS) is 18.9. The Kier molecular flexibility index (Phi) is 4.04. The fraction of sp³-hybridized carbons (Fsp3) is 0.333. The molecule has 2 rings (SSSR count). The summed E-state index contributed by atoms with van der Waals surface area (Å²) < 4.78 is 26.6. The lowest BCUT2D eigenvalue weighted by molar-refractivity contribution is -0.138. The molecule has 1 fully saturated rings. The SMILES string of the molecule is O=C(O)CCN1C(=O)CS[C@H]1c1ccc(F)cc1F. The van der Waals surface area contributed by atoms with E-state index in [1.165, 1.54) is 22.7 Å². The molecule has 0 bridgehead atoms. The molecule has 1 aromatic rings. The zero-order chi connectivity index (χ0) is 14.0. The largest absolute Gasteiger partial charge is 0.481 e. The second-order valence-electron chi connectivity index (χ2n) is 4.06. The minimum absolute atomic E-state index is 0.0165. The molecule has 1 aromatic carbocycles. The van der Waals surface area contributed by atoms with Crippen molar-refractivity contribution < 1.29 is 23.5 Å². The maximum Gasteiger partial charge on any atom is 0.305 e. The second-order valence-corrected chi connectivity index (χ2v) is 5.13. The van der Waals surface area contributed by atoms with E-state index >= 15 is 0 Å². The van der Waals surface area contributed by atoms with Crippen LogP contribution in [-0.4, -0.2) is 34.2 Å². The van der Waals surface area contributed by atoms with Crippen LogP contribution in [0.5, 0.6) is 0 Å². The van der Waals surface area contributed by atoms with Crippen LogP contribution < -0.4 is 0 Å². The topological polar surface area (TPSA) is 57.6 Å². The fourth-order valence-corrected chi connectivity index (χ4v) is 3.11. The van der Waals surface area contributed by atoms with Crippen LogP contribution in [0.2, 0.25) is 0 Å². The molecule has 0 spiro atoms.